The third-order valence-electron chi connectivity index (χ3n) is 3.82. The fourth-order valence-electron chi connectivity index (χ4n) is 2.72. The Bertz CT molecular complexity index is 407. The van der Waals surface area contributed by atoms with Gasteiger partial charge in [0.25, 0.3) is 0 Å². The molecule has 19 heavy (non-hydrogen) atoms. The van der Waals surface area contributed by atoms with E-state index >= 15 is 0 Å². The van der Waals surface area contributed by atoms with Crippen LogP contribution in [0.5, 0.6) is 0 Å². The van der Waals surface area contributed by atoms with Crippen LogP contribution in [0.1, 0.15) is 31.9 Å². The molecule has 2 unspecified atom stereocenters. The maximum absolute atomic E-state index is 12.2. The quantitative estimate of drug-likeness (QED) is 0.876. The van der Waals surface area contributed by atoms with Gasteiger partial charge in [-0.15, -0.1) is 0 Å². The number of aryl methyl sites for hydroxylation is 1. The second kappa shape index (κ2) is 6.66. The van der Waals surface area contributed by atoms with Gasteiger partial charge in [-0.2, -0.15) is 0 Å². The van der Waals surface area contributed by atoms with E-state index < -0.39 is 0 Å². The minimum atomic E-state index is 0.152. The molecule has 2 heterocycles. The Labute approximate surface area is 115 Å². The van der Waals surface area contributed by atoms with Gasteiger partial charge in [-0.25, -0.2) is 0 Å². The molecular formula is C15H23N3O. The molecular weight excluding hydrogens is 238 g/mol. The van der Waals surface area contributed by atoms with E-state index in [-0.39, 0.29) is 11.9 Å². The second-order valence-electron chi connectivity index (χ2n) is 5.33. The summed E-state index contributed by atoms with van der Waals surface area (Å²) in [6.45, 7) is 3.71. The number of amides is 1. The van der Waals surface area contributed by atoms with Crippen molar-refractivity contribution in [3.8, 4) is 0 Å². The van der Waals surface area contributed by atoms with Gasteiger partial charge in [-0.05, 0) is 30.9 Å². The average molecular weight is 261 g/mol. The lowest BCUT2D eigenvalue weighted by Gasteiger charge is -2.16. The predicted octanol–water partition coefficient (Wildman–Crippen LogP) is 1.60. The van der Waals surface area contributed by atoms with Crippen molar-refractivity contribution in [1.82, 2.24) is 9.88 Å². The number of nitrogens with zero attached hydrogens (tertiary/aromatic N) is 2. The van der Waals surface area contributed by atoms with Gasteiger partial charge in [0.05, 0.1) is 0 Å². The first-order valence-electron chi connectivity index (χ1n) is 7.14. The molecule has 1 aliphatic rings. The van der Waals surface area contributed by atoms with Crippen LogP contribution in [0.4, 0.5) is 0 Å². The van der Waals surface area contributed by atoms with E-state index in [0.29, 0.717) is 25.3 Å². The molecule has 1 fully saturated rings. The van der Waals surface area contributed by atoms with E-state index in [4.69, 9.17) is 5.73 Å². The molecule has 0 aliphatic carbocycles. The summed E-state index contributed by atoms with van der Waals surface area (Å²) in [6, 6.07) is 5.96. The highest BCUT2D eigenvalue weighted by Crippen LogP contribution is 2.21. The van der Waals surface area contributed by atoms with Crippen molar-refractivity contribution >= 4 is 5.91 Å². The number of pyridine rings is 1. The highest BCUT2D eigenvalue weighted by molar-refractivity contribution is 5.76. The van der Waals surface area contributed by atoms with E-state index in [2.05, 4.69) is 11.9 Å². The minimum Gasteiger partial charge on any atom is -0.341 e. The predicted molar refractivity (Wildman–Crippen MR) is 75.5 cm³/mol. The number of aromatic nitrogens is 1. The van der Waals surface area contributed by atoms with Gasteiger partial charge in [0.15, 0.2) is 0 Å². The lowest BCUT2D eigenvalue weighted by molar-refractivity contribution is -0.130. The normalized spacial score (nSPS) is 22.7. The molecule has 0 bridgehead atoms. The molecule has 2 N–H and O–H groups in total. The molecule has 0 saturated carbocycles. The van der Waals surface area contributed by atoms with E-state index in [0.717, 1.165) is 25.1 Å². The lowest BCUT2D eigenvalue weighted by atomic mass is 9.99. The summed E-state index contributed by atoms with van der Waals surface area (Å²) in [5.41, 5.74) is 7.07. The van der Waals surface area contributed by atoms with Crippen molar-refractivity contribution < 1.29 is 4.79 Å². The Morgan fingerprint density at radius 3 is 3.00 bits per heavy atom. The summed E-state index contributed by atoms with van der Waals surface area (Å²) in [7, 11) is 0. The molecule has 1 amide bonds. The number of hydrogen-bond acceptors (Lipinski definition) is 3. The van der Waals surface area contributed by atoms with Crippen LogP contribution in [0.25, 0.3) is 0 Å². The maximum Gasteiger partial charge on any atom is 0.223 e. The standard InChI is InChI=1S/C15H23N3O/c1-2-5-12-10-18(11-14(12)16)15(19)8-7-13-6-3-4-9-17-13/h3-4,6,9,12,14H,2,5,7-8,10-11,16H2,1H3. The summed E-state index contributed by atoms with van der Waals surface area (Å²) in [6.07, 6.45) is 5.26. The molecule has 4 heteroatoms. The van der Waals surface area contributed by atoms with Gasteiger partial charge in [0, 0.05) is 37.4 Å². The van der Waals surface area contributed by atoms with Gasteiger partial charge < -0.3 is 10.6 Å². The van der Waals surface area contributed by atoms with Gasteiger partial charge in [-0.3, -0.25) is 9.78 Å². The van der Waals surface area contributed by atoms with Crippen LogP contribution >= 0.6 is 0 Å². The van der Waals surface area contributed by atoms with Gasteiger partial charge >= 0.3 is 0 Å². The molecule has 0 spiro atoms. The Morgan fingerprint density at radius 2 is 2.32 bits per heavy atom. The number of carbonyl (C=O) groups excluding carboxylic acids is 1. The third-order valence-corrected chi connectivity index (χ3v) is 3.82. The van der Waals surface area contributed by atoms with Gasteiger partial charge in [-0.1, -0.05) is 19.4 Å². The molecule has 1 aromatic heterocycles. The molecule has 4 nitrogen and oxygen atoms in total. The summed E-state index contributed by atoms with van der Waals surface area (Å²) in [5.74, 6) is 0.684. The van der Waals surface area contributed by atoms with Crippen LogP contribution in [-0.2, 0) is 11.2 Å². The summed E-state index contributed by atoms with van der Waals surface area (Å²) in [4.78, 5) is 18.3. The molecule has 0 aromatic carbocycles. The molecule has 1 aromatic rings. The molecule has 2 atom stereocenters. The first-order valence-corrected chi connectivity index (χ1v) is 7.14. The van der Waals surface area contributed by atoms with Gasteiger partial charge in [0.2, 0.25) is 5.91 Å². The number of nitrogens with two attached hydrogens (primary N) is 1. The number of carbonyl (C=O) groups is 1. The summed E-state index contributed by atoms with van der Waals surface area (Å²) in [5, 5.41) is 0. The maximum atomic E-state index is 12.2. The Hall–Kier alpha value is -1.42. The van der Waals surface area contributed by atoms with Crippen molar-refractivity contribution in [2.24, 2.45) is 11.7 Å². The van der Waals surface area contributed by atoms with Crippen LogP contribution in [0.2, 0.25) is 0 Å². The third kappa shape index (κ3) is 3.77. The Balaban J connectivity index is 1.81. The van der Waals surface area contributed by atoms with Crippen molar-refractivity contribution in [2.75, 3.05) is 13.1 Å². The van der Waals surface area contributed by atoms with E-state index in [9.17, 15) is 4.79 Å². The molecule has 2 rings (SSSR count). The zero-order valence-electron chi connectivity index (χ0n) is 11.6. The summed E-state index contributed by atoms with van der Waals surface area (Å²) < 4.78 is 0. The van der Waals surface area contributed by atoms with E-state index in [1.807, 2.05) is 23.1 Å². The van der Waals surface area contributed by atoms with Crippen molar-refractivity contribution in [3.05, 3.63) is 30.1 Å². The SMILES string of the molecule is CCCC1CN(C(=O)CCc2ccccn2)CC1N. The number of likely N-dealkylation sites (tertiary alicyclic amines) is 1. The molecule has 1 aliphatic heterocycles. The number of hydrogen-bond donors (Lipinski definition) is 1. The smallest absolute Gasteiger partial charge is 0.223 e. The fourth-order valence-corrected chi connectivity index (χ4v) is 2.72. The monoisotopic (exact) mass is 261 g/mol. The van der Waals surface area contributed by atoms with E-state index in [1.54, 1.807) is 6.20 Å². The fraction of sp³-hybridized carbons (Fsp3) is 0.600. The first-order chi connectivity index (χ1) is 9.20. The number of rotatable bonds is 5. The Kier molecular flexibility index (Phi) is 4.91. The molecule has 0 radical (unpaired) electrons. The van der Waals surface area contributed by atoms with Gasteiger partial charge in [0.1, 0.15) is 0 Å². The van der Waals surface area contributed by atoms with Crippen molar-refractivity contribution in [1.29, 1.82) is 0 Å². The lowest BCUT2D eigenvalue weighted by Crippen LogP contribution is -2.32. The minimum absolute atomic E-state index is 0.152. The zero-order valence-corrected chi connectivity index (χ0v) is 11.6. The highest BCUT2D eigenvalue weighted by atomic mass is 16.2. The zero-order chi connectivity index (χ0) is 13.7. The van der Waals surface area contributed by atoms with Crippen LogP contribution in [0, 0.1) is 5.92 Å². The van der Waals surface area contributed by atoms with Crippen LogP contribution < -0.4 is 5.73 Å². The van der Waals surface area contributed by atoms with Crippen LogP contribution in [-0.4, -0.2) is 34.9 Å². The molecule has 1 saturated heterocycles. The average Bonchev–Trinajstić information content (AvgIpc) is 2.79. The largest absolute Gasteiger partial charge is 0.341 e. The molecule has 104 valence electrons. The summed E-state index contributed by atoms with van der Waals surface area (Å²) >= 11 is 0. The van der Waals surface area contributed by atoms with Crippen LogP contribution in [0.3, 0.4) is 0 Å². The highest BCUT2D eigenvalue weighted by Gasteiger charge is 2.31. The Morgan fingerprint density at radius 1 is 1.47 bits per heavy atom. The topological polar surface area (TPSA) is 59.2 Å². The van der Waals surface area contributed by atoms with Crippen molar-refractivity contribution in [3.63, 3.8) is 0 Å². The van der Waals surface area contributed by atoms with Crippen LogP contribution in [0.15, 0.2) is 24.4 Å². The first kappa shape index (κ1) is 14.0. The van der Waals surface area contributed by atoms with Crippen molar-refractivity contribution in [2.45, 2.75) is 38.6 Å². The van der Waals surface area contributed by atoms with E-state index in [1.165, 1.54) is 0 Å². The second-order valence-corrected chi connectivity index (χ2v) is 5.33.